The summed E-state index contributed by atoms with van der Waals surface area (Å²) in [5, 5.41) is 0. The molecule has 0 saturated carbocycles. The van der Waals surface area contributed by atoms with E-state index in [-0.39, 0.29) is 16.9 Å². The molecule has 0 aliphatic rings. The van der Waals surface area contributed by atoms with E-state index < -0.39 is 0 Å². The van der Waals surface area contributed by atoms with E-state index in [2.05, 4.69) is 9.97 Å². The molecule has 0 spiro atoms. The first-order valence-corrected chi connectivity index (χ1v) is 12.0. The SMILES string of the molecule is O=C(CCc1cn(-c2ccc(-n3ccccc3=O)cc2-c2cc[nH]c(=O)c2)cn1)c1ccc(Cl)s1. The Kier molecular flexibility index (Phi) is 6.31. The molecule has 35 heavy (non-hydrogen) atoms. The number of hydrogen-bond donors (Lipinski definition) is 1. The second-order valence-corrected chi connectivity index (χ2v) is 9.57. The Labute approximate surface area is 208 Å². The Morgan fingerprint density at radius 3 is 2.71 bits per heavy atom. The van der Waals surface area contributed by atoms with E-state index in [1.165, 1.54) is 23.5 Å². The van der Waals surface area contributed by atoms with Crippen LogP contribution in [0.2, 0.25) is 4.34 Å². The molecule has 0 aliphatic carbocycles. The second kappa shape index (κ2) is 9.69. The zero-order valence-corrected chi connectivity index (χ0v) is 19.9. The van der Waals surface area contributed by atoms with Gasteiger partial charge in [0.05, 0.1) is 26.9 Å². The number of aromatic amines is 1. The Morgan fingerprint density at radius 1 is 1.06 bits per heavy atom. The highest BCUT2D eigenvalue weighted by atomic mass is 35.5. The molecule has 5 rings (SSSR count). The van der Waals surface area contributed by atoms with Crippen molar-refractivity contribution in [2.24, 2.45) is 0 Å². The van der Waals surface area contributed by atoms with E-state index in [9.17, 15) is 14.4 Å². The van der Waals surface area contributed by atoms with Crippen molar-refractivity contribution in [2.45, 2.75) is 12.8 Å². The second-order valence-electron chi connectivity index (χ2n) is 7.85. The number of aromatic nitrogens is 4. The van der Waals surface area contributed by atoms with E-state index in [0.717, 1.165) is 16.9 Å². The number of aryl methyl sites for hydroxylation is 1. The molecule has 1 N–H and O–H groups in total. The summed E-state index contributed by atoms with van der Waals surface area (Å²) in [6.07, 6.45) is 7.65. The minimum atomic E-state index is -0.228. The number of benzene rings is 1. The predicted octanol–water partition coefficient (Wildman–Crippen LogP) is 4.91. The summed E-state index contributed by atoms with van der Waals surface area (Å²) in [5.74, 6) is 0.0262. The fraction of sp³-hybridized carbons (Fsp3) is 0.0769. The van der Waals surface area contributed by atoms with Gasteiger partial charge in [-0.3, -0.25) is 19.0 Å². The Bertz CT molecular complexity index is 1650. The molecule has 4 aromatic heterocycles. The molecule has 1 aromatic carbocycles. The number of rotatable bonds is 7. The van der Waals surface area contributed by atoms with Crippen molar-refractivity contribution in [3.8, 4) is 22.5 Å². The Hall–Kier alpha value is -4.01. The molecule has 174 valence electrons. The standard InChI is InChI=1S/C26H19ClN4O3S/c27-24-9-8-23(35-24)22(32)7-4-18-15-30(16-29-18)21-6-5-19(31-12-2-1-3-26(31)34)14-20(21)17-10-11-28-25(33)13-17/h1-3,5-6,8-16H,4,7H2,(H,28,33). The van der Waals surface area contributed by atoms with Gasteiger partial charge in [0, 0.05) is 48.4 Å². The van der Waals surface area contributed by atoms with Crippen LogP contribution in [0.4, 0.5) is 0 Å². The number of Topliss-reactive ketones (excluding diaryl/α,β-unsaturated/α-hetero) is 1. The van der Waals surface area contributed by atoms with Crippen LogP contribution in [0.1, 0.15) is 21.8 Å². The normalized spacial score (nSPS) is 11.0. The van der Waals surface area contributed by atoms with Crippen LogP contribution in [-0.2, 0) is 6.42 Å². The highest BCUT2D eigenvalue weighted by Gasteiger charge is 2.14. The lowest BCUT2D eigenvalue weighted by Crippen LogP contribution is -2.15. The molecule has 0 saturated heterocycles. The van der Waals surface area contributed by atoms with Gasteiger partial charge in [-0.25, -0.2) is 4.98 Å². The van der Waals surface area contributed by atoms with Gasteiger partial charge in [0.1, 0.15) is 0 Å². The third kappa shape index (κ3) is 4.94. The summed E-state index contributed by atoms with van der Waals surface area (Å²) in [7, 11) is 0. The minimum absolute atomic E-state index is 0.0262. The zero-order chi connectivity index (χ0) is 24.4. The maximum atomic E-state index is 12.4. The zero-order valence-electron chi connectivity index (χ0n) is 18.3. The number of carbonyl (C=O) groups excluding carboxylic acids is 1. The molecule has 0 unspecified atom stereocenters. The predicted molar refractivity (Wildman–Crippen MR) is 137 cm³/mol. The quantitative estimate of drug-likeness (QED) is 0.320. The Morgan fingerprint density at radius 2 is 1.94 bits per heavy atom. The first-order chi connectivity index (χ1) is 17.0. The highest BCUT2D eigenvalue weighted by Crippen LogP contribution is 2.29. The van der Waals surface area contributed by atoms with Crippen LogP contribution in [0.15, 0.2) is 95.2 Å². The summed E-state index contributed by atoms with van der Waals surface area (Å²) in [5.41, 5.74) is 3.31. The first-order valence-electron chi connectivity index (χ1n) is 10.8. The van der Waals surface area contributed by atoms with Crippen LogP contribution in [0.25, 0.3) is 22.5 Å². The summed E-state index contributed by atoms with van der Waals surface area (Å²) in [6.45, 7) is 0. The number of carbonyl (C=O) groups is 1. The van der Waals surface area contributed by atoms with Crippen LogP contribution >= 0.6 is 22.9 Å². The smallest absolute Gasteiger partial charge is 0.255 e. The molecular formula is C26H19ClN4O3S. The third-order valence-corrected chi connectivity index (χ3v) is 6.81. The first kappa shape index (κ1) is 22.8. The number of halogens is 1. The van der Waals surface area contributed by atoms with Crippen molar-refractivity contribution in [1.82, 2.24) is 19.1 Å². The number of hydrogen-bond acceptors (Lipinski definition) is 5. The fourth-order valence-electron chi connectivity index (χ4n) is 3.84. The minimum Gasteiger partial charge on any atom is -0.329 e. The number of nitrogens with zero attached hydrogens (tertiary/aromatic N) is 3. The van der Waals surface area contributed by atoms with Crippen molar-refractivity contribution >= 4 is 28.7 Å². The van der Waals surface area contributed by atoms with Crippen molar-refractivity contribution in [2.75, 3.05) is 0 Å². The highest BCUT2D eigenvalue weighted by molar-refractivity contribution is 7.18. The number of pyridine rings is 2. The van der Waals surface area contributed by atoms with Crippen molar-refractivity contribution in [3.05, 3.63) is 121 Å². The Balaban J connectivity index is 1.49. The largest absolute Gasteiger partial charge is 0.329 e. The van der Waals surface area contributed by atoms with E-state index >= 15 is 0 Å². The molecule has 0 radical (unpaired) electrons. The number of ketones is 1. The third-order valence-electron chi connectivity index (χ3n) is 5.54. The van der Waals surface area contributed by atoms with Crippen LogP contribution in [-0.4, -0.2) is 24.9 Å². The molecule has 7 nitrogen and oxygen atoms in total. The molecule has 0 fully saturated rings. The summed E-state index contributed by atoms with van der Waals surface area (Å²) in [4.78, 5) is 44.6. The molecule has 0 aliphatic heterocycles. The summed E-state index contributed by atoms with van der Waals surface area (Å²) < 4.78 is 3.99. The average molecular weight is 503 g/mol. The van der Waals surface area contributed by atoms with Gasteiger partial charge < -0.3 is 9.55 Å². The molecule has 0 bridgehead atoms. The summed E-state index contributed by atoms with van der Waals surface area (Å²) in [6, 6.07) is 17.3. The van der Waals surface area contributed by atoms with Gasteiger partial charge in [-0.15, -0.1) is 11.3 Å². The number of nitrogens with one attached hydrogen (secondary N) is 1. The fourth-order valence-corrected chi connectivity index (χ4v) is 4.85. The van der Waals surface area contributed by atoms with Gasteiger partial charge in [-0.1, -0.05) is 17.7 Å². The lowest BCUT2D eigenvalue weighted by atomic mass is 10.0. The van der Waals surface area contributed by atoms with E-state index in [1.807, 2.05) is 29.0 Å². The lowest BCUT2D eigenvalue weighted by Gasteiger charge is -2.14. The molecule has 0 atom stereocenters. The van der Waals surface area contributed by atoms with E-state index in [1.54, 1.807) is 53.6 Å². The molecule has 0 amide bonds. The van der Waals surface area contributed by atoms with Gasteiger partial charge in [0.25, 0.3) is 5.56 Å². The van der Waals surface area contributed by atoms with Crippen LogP contribution in [0, 0.1) is 0 Å². The van der Waals surface area contributed by atoms with Gasteiger partial charge >= 0.3 is 0 Å². The number of H-pyrrole nitrogens is 1. The van der Waals surface area contributed by atoms with Crippen LogP contribution in [0.3, 0.4) is 0 Å². The average Bonchev–Trinajstić information content (AvgIpc) is 3.52. The van der Waals surface area contributed by atoms with Gasteiger partial charge in [-0.2, -0.15) is 0 Å². The molecule has 5 aromatic rings. The maximum absolute atomic E-state index is 12.4. The van der Waals surface area contributed by atoms with Gasteiger partial charge in [0.15, 0.2) is 5.78 Å². The van der Waals surface area contributed by atoms with E-state index in [4.69, 9.17) is 11.6 Å². The monoisotopic (exact) mass is 502 g/mol. The molecule has 4 heterocycles. The van der Waals surface area contributed by atoms with Crippen molar-refractivity contribution < 1.29 is 4.79 Å². The summed E-state index contributed by atoms with van der Waals surface area (Å²) >= 11 is 7.21. The number of imidazole rings is 1. The van der Waals surface area contributed by atoms with Crippen molar-refractivity contribution in [3.63, 3.8) is 0 Å². The van der Waals surface area contributed by atoms with Crippen LogP contribution in [0.5, 0.6) is 0 Å². The van der Waals surface area contributed by atoms with Crippen LogP contribution < -0.4 is 11.1 Å². The van der Waals surface area contributed by atoms with Gasteiger partial charge in [-0.05, 0) is 54.4 Å². The number of thiophene rings is 1. The molecule has 9 heteroatoms. The lowest BCUT2D eigenvalue weighted by molar-refractivity contribution is 0.0986. The molecular weight excluding hydrogens is 484 g/mol. The van der Waals surface area contributed by atoms with Crippen molar-refractivity contribution in [1.29, 1.82) is 0 Å². The maximum Gasteiger partial charge on any atom is 0.255 e. The topological polar surface area (TPSA) is 89.8 Å². The van der Waals surface area contributed by atoms with E-state index in [0.29, 0.717) is 33.3 Å². The van der Waals surface area contributed by atoms with Gasteiger partial charge in [0.2, 0.25) is 5.56 Å².